The van der Waals surface area contributed by atoms with Gasteiger partial charge in [-0.3, -0.25) is 24.1 Å². The first-order valence-corrected chi connectivity index (χ1v) is 15.6. The van der Waals surface area contributed by atoms with E-state index < -0.39 is 56.6 Å². The zero-order chi connectivity index (χ0) is 31.4. The lowest BCUT2D eigenvalue weighted by Gasteiger charge is -2.50. The van der Waals surface area contributed by atoms with Gasteiger partial charge in [0.05, 0.1) is 28.2 Å². The largest absolute Gasteiger partial charge is 0.504 e. The Labute approximate surface area is 271 Å². The number of benzene rings is 2. The minimum atomic E-state index is -2.07. The molecule has 4 amide bonds. The van der Waals surface area contributed by atoms with Crippen LogP contribution in [-0.2, 0) is 19.2 Å². The van der Waals surface area contributed by atoms with Crippen molar-refractivity contribution in [3.8, 4) is 11.5 Å². The Balaban J connectivity index is 1.59. The maximum atomic E-state index is 14.4. The summed E-state index contributed by atoms with van der Waals surface area (Å²) >= 11 is 16.7. The molecule has 2 aromatic rings. The van der Waals surface area contributed by atoms with E-state index in [1.165, 1.54) is 24.1 Å². The Bertz CT molecular complexity index is 1640. The smallest absolute Gasteiger partial charge is 0.258 e. The Morgan fingerprint density at radius 1 is 1.02 bits per heavy atom. The number of phenolic OH excluding ortho intramolecular Hbond substituents is 1. The van der Waals surface area contributed by atoms with Gasteiger partial charge in [0, 0.05) is 11.5 Å². The average molecular weight is 741 g/mol. The van der Waals surface area contributed by atoms with Crippen molar-refractivity contribution in [2.75, 3.05) is 12.0 Å². The third kappa shape index (κ3) is 4.04. The average Bonchev–Trinajstić information content (AvgIpc) is 3.29. The number of hydrogen-bond acceptors (Lipinski definition) is 6. The van der Waals surface area contributed by atoms with Crippen molar-refractivity contribution in [2.24, 2.45) is 17.8 Å². The standard InChI is InChI=1S/C31H28Cl2FIN2O6/c1-29(2,3)37-25(39)18-10-9-17-19(22(18)26(37)40)13-30(32)27(41)36(16-7-5-15(34)6-8-16)28(42)31(30,33)23(17)14-11-20(35)24(38)21(12-14)43-4/h5-9,11-12,18-19,22-23,38H,10,13H2,1-4H3. The van der Waals surface area contributed by atoms with Crippen molar-refractivity contribution in [3.63, 3.8) is 0 Å². The molecule has 2 saturated heterocycles. The topological polar surface area (TPSA) is 104 Å². The number of methoxy groups -OCH3 is 1. The number of ether oxygens (including phenoxy) is 1. The summed E-state index contributed by atoms with van der Waals surface area (Å²) in [6.07, 6.45) is 1.91. The molecular formula is C31H28Cl2FIN2O6. The SMILES string of the molecule is COc1cc(C2C3=CCC4C(=O)N(C(C)(C)C)C(=O)C4C3CC3(Cl)C(=O)N(c4ccc(F)cc4)C(=O)C23Cl)cc(I)c1O. The van der Waals surface area contributed by atoms with Gasteiger partial charge in [0.25, 0.3) is 11.8 Å². The van der Waals surface area contributed by atoms with Gasteiger partial charge in [-0.2, -0.15) is 0 Å². The summed E-state index contributed by atoms with van der Waals surface area (Å²) < 4.78 is 19.6. The quantitative estimate of drug-likeness (QED) is 0.193. The molecule has 4 aliphatic rings. The number of carbonyl (C=O) groups is 4. The van der Waals surface area contributed by atoms with Crippen LogP contribution in [0.1, 0.15) is 45.1 Å². The van der Waals surface area contributed by atoms with E-state index in [-0.39, 0.29) is 41.8 Å². The van der Waals surface area contributed by atoms with Crippen LogP contribution in [0.25, 0.3) is 0 Å². The minimum Gasteiger partial charge on any atom is -0.504 e. The van der Waals surface area contributed by atoms with E-state index in [9.17, 15) is 28.7 Å². The van der Waals surface area contributed by atoms with Gasteiger partial charge < -0.3 is 9.84 Å². The van der Waals surface area contributed by atoms with Crippen molar-refractivity contribution >= 4 is 75.1 Å². The van der Waals surface area contributed by atoms with Crippen LogP contribution in [0.5, 0.6) is 11.5 Å². The molecule has 2 aliphatic heterocycles. The lowest BCUT2D eigenvalue weighted by atomic mass is 9.56. The number of aromatic hydroxyl groups is 1. The summed E-state index contributed by atoms with van der Waals surface area (Å²) in [6.45, 7) is 5.36. The third-order valence-electron chi connectivity index (χ3n) is 9.17. The van der Waals surface area contributed by atoms with E-state index >= 15 is 0 Å². The van der Waals surface area contributed by atoms with E-state index in [0.29, 0.717) is 14.7 Å². The monoisotopic (exact) mass is 740 g/mol. The molecule has 2 aromatic carbocycles. The van der Waals surface area contributed by atoms with Crippen LogP contribution < -0.4 is 9.64 Å². The molecule has 12 heteroatoms. The van der Waals surface area contributed by atoms with E-state index in [0.717, 1.165) is 17.0 Å². The second-order valence-corrected chi connectivity index (χ2v) is 14.9. The predicted octanol–water partition coefficient (Wildman–Crippen LogP) is 5.51. The summed E-state index contributed by atoms with van der Waals surface area (Å²) in [6, 6.07) is 8.03. The first-order chi connectivity index (χ1) is 20.1. The van der Waals surface area contributed by atoms with E-state index in [1.807, 2.05) is 28.7 Å². The van der Waals surface area contributed by atoms with E-state index in [4.69, 9.17) is 27.9 Å². The van der Waals surface area contributed by atoms with Gasteiger partial charge in [0.15, 0.2) is 21.2 Å². The Hall–Kier alpha value is -2.70. The number of fused-ring (bicyclic) bond motifs is 4. The van der Waals surface area contributed by atoms with E-state index in [2.05, 4.69) is 0 Å². The van der Waals surface area contributed by atoms with Crippen LogP contribution in [0.15, 0.2) is 48.0 Å². The lowest BCUT2D eigenvalue weighted by molar-refractivity contribution is -0.145. The molecule has 3 fully saturated rings. The van der Waals surface area contributed by atoms with Crippen LogP contribution in [0.3, 0.4) is 0 Å². The third-order valence-corrected chi connectivity index (χ3v) is 11.4. The Morgan fingerprint density at radius 3 is 2.28 bits per heavy atom. The summed E-state index contributed by atoms with van der Waals surface area (Å²) in [4.78, 5) is 54.3. The number of allylic oxidation sites excluding steroid dienone is 2. The maximum Gasteiger partial charge on any atom is 0.258 e. The van der Waals surface area contributed by atoms with Gasteiger partial charge in [0.1, 0.15) is 5.82 Å². The molecule has 6 atom stereocenters. The van der Waals surface area contributed by atoms with Gasteiger partial charge in [-0.05, 0) is 104 Å². The number of nitrogens with zero attached hydrogens (tertiary/aromatic N) is 2. The van der Waals surface area contributed by atoms with Crippen molar-refractivity contribution in [1.82, 2.24) is 4.90 Å². The van der Waals surface area contributed by atoms with Crippen LogP contribution in [-0.4, -0.2) is 56.0 Å². The predicted molar refractivity (Wildman–Crippen MR) is 166 cm³/mol. The maximum absolute atomic E-state index is 14.4. The van der Waals surface area contributed by atoms with Gasteiger partial charge in [-0.15, -0.1) is 23.2 Å². The number of halogens is 4. The second-order valence-electron chi connectivity index (χ2n) is 12.5. The number of likely N-dealkylation sites (tertiary alicyclic amines) is 1. The fourth-order valence-corrected chi connectivity index (χ4v) is 8.91. The fourth-order valence-electron chi connectivity index (χ4n) is 7.35. The van der Waals surface area contributed by atoms with Crippen molar-refractivity contribution in [2.45, 2.75) is 54.8 Å². The van der Waals surface area contributed by atoms with Gasteiger partial charge in [-0.1, -0.05) is 11.6 Å². The van der Waals surface area contributed by atoms with Gasteiger partial charge >= 0.3 is 0 Å². The Morgan fingerprint density at radius 2 is 1.67 bits per heavy atom. The summed E-state index contributed by atoms with van der Waals surface area (Å²) in [5, 5.41) is 10.6. The van der Waals surface area contributed by atoms with E-state index in [1.54, 1.807) is 32.9 Å². The second kappa shape index (κ2) is 9.90. The number of phenols is 1. The van der Waals surface area contributed by atoms with Crippen molar-refractivity contribution in [1.29, 1.82) is 0 Å². The number of imide groups is 2. The molecule has 1 N–H and O–H groups in total. The molecule has 1 saturated carbocycles. The first-order valence-electron chi connectivity index (χ1n) is 13.7. The molecule has 6 unspecified atom stereocenters. The van der Waals surface area contributed by atoms with Crippen LogP contribution in [0.4, 0.5) is 10.1 Å². The minimum absolute atomic E-state index is 0.100. The highest BCUT2D eigenvalue weighted by Gasteiger charge is 2.76. The zero-order valence-electron chi connectivity index (χ0n) is 23.7. The number of amides is 4. The number of carbonyl (C=O) groups excluding carboxylic acids is 4. The number of anilines is 1. The van der Waals surface area contributed by atoms with Crippen LogP contribution >= 0.6 is 45.8 Å². The van der Waals surface area contributed by atoms with Crippen LogP contribution in [0.2, 0.25) is 0 Å². The number of alkyl halides is 2. The molecule has 0 spiro atoms. The summed E-state index contributed by atoms with van der Waals surface area (Å²) in [7, 11) is 1.38. The molecule has 0 bridgehead atoms. The fraction of sp³-hybridized carbons (Fsp3) is 0.419. The molecule has 2 heterocycles. The van der Waals surface area contributed by atoms with Gasteiger partial charge in [-0.25, -0.2) is 9.29 Å². The van der Waals surface area contributed by atoms with Crippen molar-refractivity contribution in [3.05, 3.63) is 63.0 Å². The van der Waals surface area contributed by atoms with Crippen LogP contribution in [0, 0.1) is 27.1 Å². The number of hydrogen-bond donors (Lipinski definition) is 1. The molecule has 6 rings (SSSR count). The molecule has 2 aliphatic carbocycles. The molecule has 0 aromatic heterocycles. The molecule has 43 heavy (non-hydrogen) atoms. The van der Waals surface area contributed by atoms with Crippen molar-refractivity contribution < 1.29 is 33.4 Å². The zero-order valence-corrected chi connectivity index (χ0v) is 27.3. The highest BCUT2D eigenvalue weighted by Crippen LogP contribution is 2.66. The highest BCUT2D eigenvalue weighted by atomic mass is 127. The number of rotatable bonds is 3. The highest BCUT2D eigenvalue weighted by molar-refractivity contribution is 14.1. The molecule has 0 radical (unpaired) electrons. The summed E-state index contributed by atoms with van der Waals surface area (Å²) in [5.41, 5.74) is 0.395. The molecule has 226 valence electrons. The Kier molecular flexibility index (Phi) is 6.98. The first kappa shape index (κ1) is 30.3. The molecule has 8 nitrogen and oxygen atoms in total. The normalized spacial score (nSPS) is 32.0. The molecular weight excluding hydrogens is 713 g/mol. The van der Waals surface area contributed by atoms with Gasteiger partial charge in [0.2, 0.25) is 11.8 Å². The summed E-state index contributed by atoms with van der Waals surface area (Å²) in [5.74, 6) is -5.98. The lowest BCUT2D eigenvalue weighted by Crippen LogP contribution is -2.60.